The molecule has 0 spiro atoms. The molecule has 0 saturated heterocycles. The molecule has 1 aromatic heterocycles. The number of nitrogens with two attached hydrogens (primary N) is 1. The Kier molecular flexibility index (Phi) is 4.06. The number of thioether (sulfide) groups is 1. The van der Waals surface area contributed by atoms with Gasteiger partial charge in [-0.2, -0.15) is 0 Å². The lowest BCUT2D eigenvalue weighted by Gasteiger charge is -2.04. The largest absolute Gasteiger partial charge is 0.497 e. The number of aromatic nitrogens is 3. The van der Waals surface area contributed by atoms with Crippen LogP contribution < -0.4 is 10.6 Å². The predicted molar refractivity (Wildman–Crippen MR) is 73.6 cm³/mol. The van der Waals surface area contributed by atoms with E-state index in [0.717, 1.165) is 11.3 Å². The Morgan fingerprint density at radius 2 is 2.05 bits per heavy atom. The molecule has 7 heteroatoms. The van der Waals surface area contributed by atoms with Crippen LogP contribution in [0.25, 0.3) is 11.4 Å². The summed E-state index contributed by atoms with van der Waals surface area (Å²) in [5, 5.41) is 8.52. The first-order valence-corrected chi connectivity index (χ1v) is 6.57. The van der Waals surface area contributed by atoms with Crippen molar-refractivity contribution in [2.75, 3.05) is 18.7 Å². The number of carbonyl (C=O) groups is 1. The van der Waals surface area contributed by atoms with Crippen molar-refractivity contribution in [3.63, 3.8) is 0 Å². The summed E-state index contributed by atoms with van der Waals surface area (Å²) in [5.74, 6) is 7.63. The number of rotatable bonds is 5. The number of Topliss-reactive ketones (excluding diaryl/α,β-unsaturated/α-hetero) is 1. The molecular formula is C12H14N4O2S. The third-order valence-electron chi connectivity index (χ3n) is 2.42. The number of carbonyl (C=O) groups excluding carboxylic acids is 1. The molecule has 2 rings (SSSR count). The highest BCUT2D eigenvalue weighted by molar-refractivity contribution is 7.99. The minimum atomic E-state index is 0.0685. The zero-order valence-electron chi connectivity index (χ0n) is 10.7. The summed E-state index contributed by atoms with van der Waals surface area (Å²) in [7, 11) is 1.61. The second kappa shape index (κ2) is 5.75. The van der Waals surface area contributed by atoms with Gasteiger partial charge in [0.2, 0.25) is 5.16 Å². The van der Waals surface area contributed by atoms with Crippen LogP contribution in [0.1, 0.15) is 6.92 Å². The van der Waals surface area contributed by atoms with Crippen molar-refractivity contribution in [3.8, 4) is 17.1 Å². The third-order valence-corrected chi connectivity index (χ3v) is 3.50. The minimum Gasteiger partial charge on any atom is -0.497 e. The standard InChI is InChI=1S/C12H14N4O2S/c1-8(17)7-19-12-15-14-11(16(12)13)9-3-5-10(18-2)6-4-9/h3-6H,7,13H2,1-2H3. The van der Waals surface area contributed by atoms with Gasteiger partial charge in [-0.15, -0.1) is 10.2 Å². The van der Waals surface area contributed by atoms with Crippen molar-refractivity contribution < 1.29 is 9.53 Å². The molecule has 0 aliphatic heterocycles. The van der Waals surface area contributed by atoms with E-state index < -0.39 is 0 Å². The summed E-state index contributed by atoms with van der Waals surface area (Å²) in [4.78, 5) is 10.9. The molecule has 0 bridgehead atoms. The van der Waals surface area contributed by atoms with E-state index in [1.165, 1.54) is 23.4 Å². The molecule has 0 aliphatic carbocycles. The van der Waals surface area contributed by atoms with Gasteiger partial charge in [0.05, 0.1) is 12.9 Å². The van der Waals surface area contributed by atoms with E-state index in [0.29, 0.717) is 16.7 Å². The lowest BCUT2D eigenvalue weighted by Crippen LogP contribution is -2.12. The summed E-state index contributed by atoms with van der Waals surface area (Å²) >= 11 is 1.27. The van der Waals surface area contributed by atoms with Crippen LogP contribution >= 0.6 is 11.8 Å². The molecule has 0 saturated carbocycles. The SMILES string of the molecule is COc1ccc(-c2nnc(SCC(C)=O)n2N)cc1. The Morgan fingerprint density at radius 1 is 1.37 bits per heavy atom. The summed E-state index contributed by atoms with van der Waals surface area (Å²) in [6, 6.07) is 7.36. The van der Waals surface area contributed by atoms with Crippen molar-refractivity contribution in [2.45, 2.75) is 12.1 Å². The lowest BCUT2D eigenvalue weighted by atomic mass is 10.2. The topological polar surface area (TPSA) is 83.0 Å². The maximum atomic E-state index is 10.9. The van der Waals surface area contributed by atoms with E-state index in [4.69, 9.17) is 10.6 Å². The molecule has 0 radical (unpaired) electrons. The van der Waals surface area contributed by atoms with Crippen molar-refractivity contribution in [1.29, 1.82) is 0 Å². The molecule has 1 heterocycles. The van der Waals surface area contributed by atoms with Gasteiger partial charge in [-0.3, -0.25) is 4.79 Å². The number of nitrogen functional groups attached to an aromatic ring is 1. The van der Waals surface area contributed by atoms with Crippen LogP contribution in [-0.4, -0.2) is 33.5 Å². The van der Waals surface area contributed by atoms with Crippen LogP contribution in [0.4, 0.5) is 0 Å². The van der Waals surface area contributed by atoms with Crippen molar-refractivity contribution in [1.82, 2.24) is 14.9 Å². The number of ether oxygens (including phenoxy) is 1. The summed E-state index contributed by atoms with van der Waals surface area (Å²) in [6.45, 7) is 1.52. The first-order chi connectivity index (χ1) is 9.11. The van der Waals surface area contributed by atoms with Crippen molar-refractivity contribution >= 4 is 17.5 Å². The highest BCUT2D eigenvalue weighted by Gasteiger charge is 2.12. The molecule has 1 aromatic carbocycles. The molecule has 19 heavy (non-hydrogen) atoms. The van der Waals surface area contributed by atoms with E-state index in [9.17, 15) is 4.79 Å². The van der Waals surface area contributed by atoms with Gasteiger partial charge in [0.1, 0.15) is 11.5 Å². The van der Waals surface area contributed by atoms with E-state index in [1.807, 2.05) is 24.3 Å². The Bertz CT molecular complexity index is 580. The fraction of sp³-hybridized carbons (Fsp3) is 0.250. The monoisotopic (exact) mass is 278 g/mol. The van der Waals surface area contributed by atoms with Gasteiger partial charge in [-0.05, 0) is 31.2 Å². The first kappa shape index (κ1) is 13.4. The van der Waals surface area contributed by atoms with Gasteiger partial charge in [0.25, 0.3) is 0 Å². The molecular weight excluding hydrogens is 264 g/mol. The Hall–Kier alpha value is -2.02. The quantitative estimate of drug-likeness (QED) is 0.656. The van der Waals surface area contributed by atoms with Crippen LogP contribution in [-0.2, 0) is 4.79 Å². The third kappa shape index (κ3) is 3.05. The highest BCUT2D eigenvalue weighted by Crippen LogP contribution is 2.23. The maximum Gasteiger partial charge on any atom is 0.210 e. The Morgan fingerprint density at radius 3 is 2.63 bits per heavy atom. The van der Waals surface area contributed by atoms with Crippen LogP contribution in [0.3, 0.4) is 0 Å². The molecule has 6 nitrogen and oxygen atoms in total. The molecule has 0 fully saturated rings. The van der Waals surface area contributed by atoms with Crippen molar-refractivity contribution in [2.24, 2.45) is 0 Å². The van der Waals surface area contributed by atoms with Crippen LogP contribution in [0, 0.1) is 0 Å². The second-order valence-corrected chi connectivity index (χ2v) is 4.84. The number of hydrogen-bond donors (Lipinski definition) is 1. The highest BCUT2D eigenvalue weighted by atomic mass is 32.2. The average molecular weight is 278 g/mol. The number of benzene rings is 1. The second-order valence-electron chi connectivity index (χ2n) is 3.90. The van der Waals surface area contributed by atoms with Gasteiger partial charge in [-0.25, -0.2) is 4.68 Å². The minimum absolute atomic E-state index is 0.0685. The number of nitrogens with zero attached hydrogens (tertiary/aromatic N) is 3. The van der Waals surface area contributed by atoms with Gasteiger partial charge in [0.15, 0.2) is 5.82 Å². The Balaban J connectivity index is 2.22. The van der Waals surface area contributed by atoms with Gasteiger partial charge < -0.3 is 10.6 Å². The van der Waals surface area contributed by atoms with Gasteiger partial charge >= 0.3 is 0 Å². The average Bonchev–Trinajstić information content (AvgIpc) is 2.78. The molecule has 2 aromatic rings. The number of hydrogen-bond acceptors (Lipinski definition) is 6. The van der Waals surface area contributed by atoms with E-state index in [-0.39, 0.29) is 5.78 Å². The number of methoxy groups -OCH3 is 1. The van der Waals surface area contributed by atoms with Crippen LogP contribution in [0.5, 0.6) is 5.75 Å². The molecule has 100 valence electrons. The smallest absolute Gasteiger partial charge is 0.210 e. The molecule has 0 aliphatic rings. The fourth-order valence-corrected chi connectivity index (χ4v) is 2.14. The fourth-order valence-electron chi connectivity index (χ4n) is 1.48. The molecule has 0 amide bonds. The predicted octanol–water partition coefficient (Wildman–Crippen LogP) is 1.35. The van der Waals surface area contributed by atoms with Crippen LogP contribution in [0.15, 0.2) is 29.4 Å². The van der Waals surface area contributed by atoms with Crippen molar-refractivity contribution in [3.05, 3.63) is 24.3 Å². The zero-order valence-corrected chi connectivity index (χ0v) is 11.5. The molecule has 0 unspecified atom stereocenters. The van der Waals surface area contributed by atoms with E-state index >= 15 is 0 Å². The summed E-state index contributed by atoms with van der Waals surface area (Å²) < 4.78 is 6.47. The van der Waals surface area contributed by atoms with E-state index in [1.54, 1.807) is 7.11 Å². The van der Waals surface area contributed by atoms with E-state index in [2.05, 4.69) is 10.2 Å². The molecule has 2 N–H and O–H groups in total. The number of ketones is 1. The Labute approximate surface area is 114 Å². The molecule has 0 atom stereocenters. The summed E-state index contributed by atoms with van der Waals surface area (Å²) in [6.07, 6.45) is 0. The van der Waals surface area contributed by atoms with Gasteiger partial charge in [0, 0.05) is 5.56 Å². The maximum absolute atomic E-state index is 10.9. The van der Waals surface area contributed by atoms with Gasteiger partial charge in [-0.1, -0.05) is 11.8 Å². The normalized spacial score (nSPS) is 10.4. The first-order valence-electron chi connectivity index (χ1n) is 5.59. The summed E-state index contributed by atoms with van der Waals surface area (Å²) in [5.41, 5.74) is 0.838. The zero-order chi connectivity index (χ0) is 13.8. The lowest BCUT2D eigenvalue weighted by molar-refractivity contribution is -0.114. The van der Waals surface area contributed by atoms with Crippen LogP contribution in [0.2, 0.25) is 0 Å².